The highest BCUT2D eigenvalue weighted by atomic mass is 19.4. The zero-order valence-electron chi connectivity index (χ0n) is 10.9. The average molecular weight is 290 g/mol. The van der Waals surface area contributed by atoms with Crippen LogP contribution < -0.4 is 14.8 Å². The van der Waals surface area contributed by atoms with Gasteiger partial charge in [-0.05, 0) is 24.3 Å². The van der Waals surface area contributed by atoms with Gasteiger partial charge in [0.25, 0.3) is 0 Å². The lowest BCUT2D eigenvalue weighted by molar-refractivity contribution is -0.274. The van der Waals surface area contributed by atoms with Crippen LogP contribution in [0, 0.1) is 0 Å². The van der Waals surface area contributed by atoms with Crippen LogP contribution in [0.4, 0.5) is 13.2 Å². The van der Waals surface area contributed by atoms with Crippen LogP contribution in [0.2, 0.25) is 0 Å². The van der Waals surface area contributed by atoms with Gasteiger partial charge in [0, 0.05) is 32.7 Å². The molecule has 1 aliphatic heterocycles. The molecule has 0 amide bonds. The number of rotatable bonds is 5. The monoisotopic (exact) mass is 290 g/mol. The van der Waals surface area contributed by atoms with E-state index < -0.39 is 6.36 Å². The number of nitrogens with one attached hydrogen (secondary N) is 1. The van der Waals surface area contributed by atoms with Crippen LogP contribution in [0.3, 0.4) is 0 Å². The third kappa shape index (κ3) is 5.26. The first kappa shape index (κ1) is 14.9. The molecule has 1 fully saturated rings. The smallest absolute Gasteiger partial charge is 0.492 e. The number of halogens is 3. The molecule has 0 saturated carbocycles. The van der Waals surface area contributed by atoms with Crippen LogP contribution in [0.25, 0.3) is 0 Å². The summed E-state index contributed by atoms with van der Waals surface area (Å²) in [6, 6.07) is 5.43. The van der Waals surface area contributed by atoms with Crippen LogP contribution in [-0.4, -0.2) is 50.6 Å². The van der Waals surface area contributed by atoms with E-state index in [1.165, 1.54) is 24.3 Å². The number of benzene rings is 1. The van der Waals surface area contributed by atoms with E-state index in [1.807, 2.05) is 0 Å². The van der Waals surface area contributed by atoms with E-state index in [4.69, 9.17) is 4.74 Å². The van der Waals surface area contributed by atoms with E-state index in [1.54, 1.807) is 0 Å². The molecule has 0 unspecified atom stereocenters. The maximum atomic E-state index is 12.0. The topological polar surface area (TPSA) is 33.7 Å². The van der Waals surface area contributed by atoms with Crippen molar-refractivity contribution in [1.29, 1.82) is 0 Å². The Morgan fingerprint density at radius 2 is 1.65 bits per heavy atom. The predicted octanol–water partition coefficient (Wildman–Crippen LogP) is 1.87. The van der Waals surface area contributed by atoms with Crippen molar-refractivity contribution in [3.8, 4) is 11.5 Å². The van der Waals surface area contributed by atoms with Crippen molar-refractivity contribution in [2.75, 3.05) is 39.3 Å². The molecule has 1 N–H and O–H groups in total. The SMILES string of the molecule is FC(F)(F)Oc1ccc(OCCN2CCNCC2)cc1. The molecule has 4 nitrogen and oxygen atoms in total. The molecule has 112 valence electrons. The maximum Gasteiger partial charge on any atom is 0.573 e. The molecule has 2 rings (SSSR count). The van der Waals surface area contributed by atoms with Gasteiger partial charge in [-0.1, -0.05) is 0 Å². The summed E-state index contributed by atoms with van der Waals surface area (Å²) in [5.74, 6) is 0.293. The first-order valence-electron chi connectivity index (χ1n) is 6.45. The molecule has 0 atom stereocenters. The average Bonchev–Trinajstić information content (AvgIpc) is 2.40. The molecule has 0 bridgehead atoms. The Balaban J connectivity index is 1.73. The van der Waals surface area contributed by atoms with Crippen LogP contribution in [-0.2, 0) is 0 Å². The molecular weight excluding hydrogens is 273 g/mol. The van der Waals surface area contributed by atoms with Gasteiger partial charge in [-0.2, -0.15) is 0 Å². The Labute approximate surface area is 115 Å². The van der Waals surface area contributed by atoms with Gasteiger partial charge in [0.15, 0.2) is 0 Å². The van der Waals surface area contributed by atoms with Gasteiger partial charge >= 0.3 is 6.36 Å². The van der Waals surface area contributed by atoms with Gasteiger partial charge < -0.3 is 14.8 Å². The summed E-state index contributed by atoms with van der Waals surface area (Å²) in [4.78, 5) is 2.28. The number of alkyl halides is 3. The standard InChI is InChI=1S/C13H17F3N2O2/c14-13(15,16)20-12-3-1-11(2-4-12)19-10-9-18-7-5-17-6-8-18/h1-4,17H,5-10H2. The van der Waals surface area contributed by atoms with Crippen molar-refractivity contribution in [2.24, 2.45) is 0 Å². The largest absolute Gasteiger partial charge is 0.573 e. The molecule has 20 heavy (non-hydrogen) atoms. The summed E-state index contributed by atoms with van der Waals surface area (Å²) in [5, 5.41) is 3.26. The number of piperazine rings is 1. The highest BCUT2D eigenvalue weighted by molar-refractivity contribution is 5.31. The Kier molecular flexibility index (Phi) is 5.08. The Bertz CT molecular complexity index is 403. The van der Waals surface area contributed by atoms with Crippen LogP contribution in [0.15, 0.2) is 24.3 Å². The van der Waals surface area contributed by atoms with Crippen molar-refractivity contribution in [3.63, 3.8) is 0 Å². The van der Waals surface area contributed by atoms with Gasteiger partial charge in [0.1, 0.15) is 18.1 Å². The minimum Gasteiger partial charge on any atom is -0.492 e. The summed E-state index contributed by atoms with van der Waals surface area (Å²) >= 11 is 0. The lowest BCUT2D eigenvalue weighted by Crippen LogP contribution is -2.44. The molecule has 1 aliphatic rings. The van der Waals surface area contributed by atoms with Crippen molar-refractivity contribution in [1.82, 2.24) is 10.2 Å². The third-order valence-corrected chi connectivity index (χ3v) is 2.94. The molecule has 7 heteroatoms. The highest BCUT2D eigenvalue weighted by Gasteiger charge is 2.30. The summed E-state index contributed by atoms with van der Waals surface area (Å²) < 4.78 is 45.2. The normalized spacial score (nSPS) is 16.9. The highest BCUT2D eigenvalue weighted by Crippen LogP contribution is 2.24. The molecule has 0 aromatic heterocycles. The van der Waals surface area contributed by atoms with Gasteiger partial charge in [0.05, 0.1) is 0 Å². The van der Waals surface area contributed by atoms with E-state index in [-0.39, 0.29) is 5.75 Å². The van der Waals surface area contributed by atoms with Crippen LogP contribution >= 0.6 is 0 Å². The molecule has 1 saturated heterocycles. The van der Waals surface area contributed by atoms with Crippen molar-refractivity contribution >= 4 is 0 Å². The zero-order valence-corrected chi connectivity index (χ0v) is 10.9. The fraction of sp³-hybridized carbons (Fsp3) is 0.538. The Morgan fingerprint density at radius 1 is 1.05 bits per heavy atom. The Morgan fingerprint density at radius 3 is 2.25 bits per heavy atom. The minimum absolute atomic E-state index is 0.244. The summed E-state index contributed by atoms with van der Waals surface area (Å²) in [5.41, 5.74) is 0. The molecular formula is C13H17F3N2O2. The third-order valence-electron chi connectivity index (χ3n) is 2.94. The molecule has 0 radical (unpaired) electrons. The lowest BCUT2D eigenvalue weighted by atomic mass is 10.3. The van der Waals surface area contributed by atoms with Gasteiger partial charge in [-0.15, -0.1) is 13.2 Å². The fourth-order valence-corrected chi connectivity index (χ4v) is 1.96. The first-order valence-corrected chi connectivity index (χ1v) is 6.45. The van der Waals surface area contributed by atoms with Crippen molar-refractivity contribution in [3.05, 3.63) is 24.3 Å². The number of hydrogen-bond acceptors (Lipinski definition) is 4. The van der Waals surface area contributed by atoms with E-state index in [9.17, 15) is 13.2 Å². The molecule has 1 heterocycles. The van der Waals surface area contributed by atoms with E-state index >= 15 is 0 Å². The molecule has 0 spiro atoms. The first-order chi connectivity index (χ1) is 9.53. The second-order valence-electron chi connectivity index (χ2n) is 4.46. The summed E-state index contributed by atoms with van der Waals surface area (Å²) in [7, 11) is 0. The molecule has 0 aliphatic carbocycles. The maximum absolute atomic E-state index is 12.0. The fourth-order valence-electron chi connectivity index (χ4n) is 1.96. The quantitative estimate of drug-likeness (QED) is 0.897. The molecule has 1 aromatic carbocycles. The van der Waals surface area contributed by atoms with Gasteiger partial charge in [-0.25, -0.2) is 0 Å². The van der Waals surface area contributed by atoms with Gasteiger partial charge in [-0.3, -0.25) is 4.90 Å². The van der Waals surface area contributed by atoms with Crippen molar-refractivity contribution < 1.29 is 22.6 Å². The summed E-state index contributed by atoms with van der Waals surface area (Å²) in [6.07, 6.45) is -4.66. The molecule has 1 aromatic rings. The Hall–Kier alpha value is -1.47. The van der Waals surface area contributed by atoms with E-state index in [2.05, 4.69) is 15.0 Å². The van der Waals surface area contributed by atoms with Gasteiger partial charge in [0.2, 0.25) is 0 Å². The second kappa shape index (κ2) is 6.81. The van der Waals surface area contributed by atoms with E-state index in [0.29, 0.717) is 12.4 Å². The van der Waals surface area contributed by atoms with Crippen molar-refractivity contribution in [2.45, 2.75) is 6.36 Å². The van der Waals surface area contributed by atoms with E-state index in [0.717, 1.165) is 32.7 Å². The number of hydrogen-bond donors (Lipinski definition) is 1. The minimum atomic E-state index is -4.66. The van der Waals surface area contributed by atoms with Crippen LogP contribution in [0.5, 0.6) is 11.5 Å². The second-order valence-corrected chi connectivity index (χ2v) is 4.46. The summed E-state index contributed by atoms with van der Waals surface area (Å²) in [6.45, 7) is 5.25. The number of nitrogens with zero attached hydrogens (tertiary/aromatic N) is 1. The lowest BCUT2D eigenvalue weighted by Gasteiger charge is -2.26. The number of ether oxygens (including phenoxy) is 2. The van der Waals surface area contributed by atoms with Crippen LogP contribution in [0.1, 0.15) is 0 Å². The zero-order chi connectivity index (χ0) is 14.4. The predicted molar refractivity (Wildman–Crippen MR) is 67.9 cm³/mol.